The van der Waals surface area contributed by atoms with Crippen LogP contribution in [0, 0.1) is 0 Å². The van der Waals surface area contributed by atoms with E-state index in [1.165, 1.54) is 151 Å². The van der Waals surface area contributed by atoms with Crippen LogP contribution in [0.2, 0.25) is 0 Å². The molecule has 4 heteroatoms. The van der Waals surface area contributed by atoms with Crippen molar-refractivity contribution in [1.29, 1.82) is 0 Å². The van der Waals surface area contributed by atoms with Gasteiger partial charge in [-0.25, -0.2) is 0 Å². The summed E-state index contributed by atoms with van der Waals surface area (Å²) in [4.78, 5) is 0. The number of hydrogen-bond acceptors (Lipinski definition) is 2. The largest absolute Gasteiger partial charge is 0.309 e. The summed E-state index contributed by atoms with van der Waals surface area (Å²) in [7, 11) is 0. The van der Waals surface area contributed by atoms with E-state index in [0.717, 1.165) is 0 Å². The van der Waals surface area contributed by atoms with E-state index < -0.39 is 0 Å². The number of hydrogen-bond donors (Lipinski definition) is 0. The molecule has 0 fully saturated rings. The summed E-state index contributed by atoms with van der Waals surface area (Å²) < 4.78 is 10.3. The molecule has 0 amide bonds. The topological polar surface area (TPSA) is 9.86 Å². The Labute approximate surface area is 412 Å². The molecule has 2 aliphatic carbocycles. The molecule has 0 spiro atoms. The second-order valence-corrected chi connectivity index (χ2v) is 23.0. The Balaban J connectivity index is 0.846. The third-order valence-electron chi connectivity index (χ3n) is 16.5. The highest BCUT2D eigenvalue weighted by Gasteiger charge is 2.38. The standard InChI is InChI=1S/C66H44N2S2/c1-65(2)53-17-9-5-13-41(53)45-29-47-49-31-51-43-15-7-11-19-61(43)69-63(51)35-59(49)67(57(47)33-55(45)65)39-25-21-37(22-26-39)38-23-27-40(28-24-38)68-58-34-56-46(42-14-6-10-18-54(42)66(56,3)4)30-48(58)50-32-52-44-16-8-12-20-62(44)70-64(52)36-60(50)68/h5-36H,1-4H3. The Morgan fingerprint density at radius 3 is 1.10 bits per heavy atom. The summed E-state index contributed by atoms with van der Waals surface area (Å²) >= 11 is 3.78. The SMILES string of the molecule is CC1(C)c2ccccc2-c2cc3c4cc5c(cc4n(-c4ccc(-c6ccc(-n7c8cc9c(cc8c8cc%10c(cc87)sc7ccccc7%10)-c7ccccc7C9(C)C)cc6)cc4)c3cc21)sc1ccccc15. The summed E-state index contributed by atoms with van der Waals surface area (Å²) in [5.74, 6) is 0. The molecule has 0 N–H and O–H groups in total. The van der Waals surface area contributed by atoms with Gasteiger partial charge in [0.15, 0.2) is 0 Å². The second kappa shape index (κ2) is 13.5. The van der Waals surface area contributed by atoms with E-state index >= 15 is 0 Å². The molecule has 0 bridgehead atoms. The summed E-state index contributed by atoms with van der Waals surface area (Å²) in [5, 5.41) is 10.5. The number of aromatic nitrogens is 2. The third kappa shape index (κ3) is 5.07. The van der Waals surface area contributed by atoms with Crippen molar-refractivity contribution < 1.29 is 0 Å². The van der Waals surface area contributed by atoms with Crippen LogP contribution in [0.15, 0.2) is 194 Å². The molecule has 0 aliphatic heterocycles. The smallest absolute Gasteiger partial charge is 0.0555 e. The van der Waals surface area contributed by atoms with Gasteiger partial charge >= 0.3 is 0 Å². The third-order valence-corrected chi connectivity index (χ3v) is 18.8. The maximum absolute atomic E-state index is 2.52. The van der Waals surface area contributed by atoms with E-state index in [-0.39, 0.29) is 10.8 Å². The van der Waals surface area contributed by atoms with E-state index in [4.69, 9.17) is 0 Å². The van der Waals surface area contributed by atoms with E-state index in [0.29, 0.717) is 0 Å². The molecule has 0 atom stereocenters. The van der Waals surface area contributed by atoms with Crippen molar-refractivity contribution in [3.05, 3.63) is 216 Å². The zero-order valence-electron chi connectivity index (χ0n) is 39.2. The van der Waals surface area contributed by atoms with Crippen LogP contribution in [0.5, 0.6) is 0 Å². The lowest BCUT2D eigenvalue weighted by Crippen LogP contribution is -2.15. The van der Waals surface area contributed by atoms with Crippen LogP contribution < -0.4 is 0 Å². The first kappa shape index (κ1) is 39.1. The highest BCUT2D eigenvalue weighted by molar-refractivity contribution is 7.26. The lowest BCUT2D eigenvalue weighted by Gasteiger charge is -2.21. The molecule has 0 saturated heterocycles. The van der Waals surface area contributed by atoms with Crippen molar-refractivity contribution in [3.8, 4) is 44.8 Å². The Morgan fingerprint density at radius 2 is 0.657 bits per heavy atom. The maximum Gasteiger partial charge on any atom is 0.0555 e. The van der Waals surface area contributed by atoms with Crippen molar-refractivity contribution in [2.75, 3.05) is 0 Å². The van der Waals surface area contributed by atoms with Gasteiger partial charge in [0.1, 0.15) is 0 Å². The first-order valence-electron chi connectivity index (χ1n) is 24.5. The van der Waals surface area contributed by atoms with Crippen LogP contribution in [0.3, 0.4) is 0 Å². The Hall–Kier alpha value is -7.76. The van der Waals surface area contributed by atoms with Gasteiger partial charge in [-0.2, -0.15) is 0 Å². The molecule has 14 aromatic rings. The molecule has 2 nitrogen and oxygen atoms in total. The van der Waals surface area contributed by atoms with Gasteiger partial charge in [-0.1, -0.05) is 137 Å². The fraction of sp³-hybridized carbons (Fsp3) is 0.0909. The minimum atomic E-state index is -0.0967. The molecule has 0 unspecified atom stereocenters. The normalized spacial score (nSPS) is 14.5. The first-order valence-corrected chi connectivity index (χ1v) is 26.1. The summed E-state index contributed by atoms with van der Waals surface area (Å²) in [6.45, 7) is 9.54. The Kier molecular flexibility index (Phi) is 7.55. The average Bonchev–Trinajstić information content (AvgIpc) is 4.20. The molecule has 2 aliphatic rings. The zero-order valence-corrected chi connectivity index (χ0v) is 40.8. The zero-order chi connectivity index (χ0) is 46.4. The van der Waals surface area contributed by atoms with E-state index in [9.17, 15) is 0 Å². The molecule has 10 aromatic carbocycles. The van der Waals surface area contributed by atoms with Crippen LogP contribution in [-0.2, 0) is 10.8 Å². The molecule has 4 aromatic heterocycles. The van der Waals surface area contributed by atoms with Gasteiger partial charge < -0.3 is 9.13 Å². The highest BCUT2D eigenvalue weighted by atomic mass is 32.1. The summed E-state index contributed by atoms with van der Waals surface area (Å²) in [6.07, 6.45) is 0. The molecule has 0 radical (unpaired) electrons. The van der Waals surface area contributed by atoms with Crippen molar-refractivity contribution >= 4 is 107 Å². The van der Waals surface area contributed by atoms with Crippen LogP contribution in [0.4, 0.5) is 0 Å². The molecule has 4 heterocycles. The van der Waals surface area contributed by atoms with Crippen LogP contribution in [-0.4, -0.2) is 9.13 Å². The monoisotopic (exact) mass is 928 g/mol. The van der Waals surface area contributed by atoms with E-state index in [1.807, 2.05) is 22.7 Å². The minimum Gasteiger partial charge on any atom is -0.309 e. The number of nitrogens with zero attached hydrogens (tertiary/aromatic N) is 2. The number of fused-ring (bicyclic) bond motifs is 18. The predicted molar refractivity (Wildman–Crippen MR) is 301 cm³/mol. The molecule has 0 saturated carbocycles. The fourth-order valence-corrected chi connectivity index (χ4v) is 15.3. The van der Waals surface area contributed by atoms with Gasteiger partial charge in [-0.3, -0.25) is 0 Å². The number of benzene rings is 10. The summed E-state index contributed by atoms with van der Waals surface area (Å²) in [5.41, 5.74) is 20.6. The maximum atomic E-state index is 2.52. The average molecular weight is 929 g/mol. The highest BCUT2D eigenvalue weighted by Crippen LogP contribution is 2.54. The van der Waals surface area contributed by atoms with Crippen LogP contribution >= 0.6 is 22.7 Å². The van der Waals surface area contributed by atoms with Gasteiger partial charge in [0, 0.05) is 84.1 Å². The van der Waals surface area contributed by atoms with Crippen LogP contribution in [0.1, 0.15) is 49.9 Å². The number of thiophene rings is 2. The predicted octanol–water partition coefficient (Wildman–Crippen LogP) is 18.9. The Bertz CT molecular complexity index is 4330. The summed E-state index contributed by atoms with van der Waals surface area (Å²) in [6, 6.07) is 74.1. The molecule has 16 rings (SSSR count). The second-order valence-electron chi connectivity index (χ2n) is 20.9. The molecule has 330 valence electrons. The lowest BCUT2D eigenvalue weighted by molar-refractivity contribution is 0.661. The molecular formula is C66H44N2S2. The lowest BCUT2D eigenvalue weighted by atomic mass is 9.82. The van der Waals surface area contributed by atoms with Gasteiger partial charge in [-0.15, -0.1) is 22.7 Å². The van der Waals surface area contributed by atoms with Gasteiger partial charge in [0.25, 0.3) is 0 Å². The van der Waals surface area contributed by atoms with Crippen LogP contribution in [0.25, 0.3) is 129 Å². The molecule has 70 heavy (non-hydrogen) atoms. The number of rotatable bonds is 3. The fourth-order valence-electron chi connectivity index (χ4n) is 13.0. The first-order chi connectivity index (χ1) is 34.2. The minimum absolute atomic E-state index is 0.0967. The van der Waals surface area contributed by atoms with E-state index in [2.05, 4.69) is 231 Å². The molecular weight excluding hydrogens is 885 g/mol. The Morgan fingerprint density at radius 1 is 0.286 bits per heavy atom. The van der Waals surface area contributed by atoms with Gasteiger partial charge in [-0.05, 0) is 141 Å². The quantitative estimate of drug-likeness (QED) is 0.167. The van der Waals surface area contributed by atoms with Crippen molar-refractivity contribution in [2.24, 2.45) is 0 Å². The van der Waals surface area contributed by atoms with Crippen molar-refractivity contribution in [1.82, 2.24) is 9.13 Å². The van der Waals surface area contributed by atoms with Gasteiger partial charge in [0.05, 0.1) is 22.1 Å². The van der Waals surface area contributed by atoms with Gasteiger partial charge in [0.2, 0.25) is 0 Å². The van der Waals surface area contributed by atoms with Crippen molar-refractivity contribution in [3.63, 3.8) is 0 Å². The van der Waals surface area contributed by atoms with E-state index in [1.54, 1.807) is 0 Å². The van der Waals surface area contributed by atoms with Crippen molar-refractivity contribution in [2.45, 2.75) is 38.5 Å².